The van der Waals surface area contributed by atoms with E-state index >= 15 is 0 Å². The van der Waals surface area contributed by atoms with E-state index in [2.05, 4.69) is 10.1 Å². The Hall–Kier alpha value is -1.56. The van der Waals surface area contributed by atoms with Gasteiger partial charge < -0.3 is 4.90 Å². The third-order valence-electron chi connectivity index (χ3n) is 3.81. The zero-order valence-corrected chi connectivity index (χ0v) is 14.1. The molecule has 0 N–H and O–H groups in total. The first kappa shape index (κ1) is 15.8. The van der Waals surface area contributed by atoms with E-state index < -0.39 is 0 Å². The van der Waals surface area contributed by atoms with Crippen molar-refractivity contribution in [1.82, 2.24) is 24.2 Å². The number of hydrogen-bond donors (Lipinski definition) is 0. The van der Waals surface area contributed by atoms with Gasteiger partial charge in [-0.1, -0.05) is 0 Å². The number of halogens is 1. The Balaban J connectivity index is 2.65. The van der Waals surface area contributed by atoms with Gasteiger partial charge >= 0.3 is 0 Å². The number of alkyl halides is 1. The first-order chi connectivity index (χ1) is 9.79. The number of aryl methyl sites for hydroxylation is 2. The van der Waals surface area contributed by atoms with Crippen molar-refractivity contribution in [3.8, 4) is 0 Å². The summed E-state index contributed by atoms with van der Waals surface area (Å²) in [5.74, 6) is 0.738. The fraction of sp³-hybridized carbons (Fsp3) is 0.643. The van der Waals surface area contributed by atoms with Crippen molar-refractivity contribution in [2.45, 2.75) is 39.1 Å². The highest BCUT2D eigenvalue weighted by Crippen LogP contribution is 2.29. The molecule has 0 aliphatic heterocycles. The zero-order chi connectivity index (χ0) is 15.9. The fourth-order valence-corrected chi connectivity index (χ4v) is 2.71. The topological polar surface area (TPSA) is 56.0 Å². The number of amides is 1. The van der Waals surface area contributed by atoms with Crippen LogP contribution in [0.1, 0.15) is 43.7 Å². The average Bonchev–Trinajstić information content (AvgIpc) is 2.96. The van der Waals surface area contributed by atoms with Gasteiger partial charge in [-0.25, -0.2) is 4.98 Å². The summed E-state index contributed by atoms with van der Waals surface area (Å²) in [6.07, 6.45) is 0. The number of carbonyl (C=O) groups excluding carboxylic acids is 1. The molecule has 0 saturated carbocycles. The van der Waals surface area contributed by atoms with Crippen molar-refractivity contribution in [2.75, 3.05) is 13.6 Å². The molecule has 2 atom stereocenters. The third-order valence-corrected chi connectivity index (χ3v) is 4.01. The van der Waals surface area contributed by atoms with Gasteiger partial charge in [0.15, 0.2) is 5.65 Å². The van der Waals surface area contributed by atoms with Gasteiger partial charge in [0.25, 0.3) is 0 Å². The molecule has 2 aromatic heterocycles. The smallest absolute Gasteiger partial charge is 0.245 e. The summed E-state index contributed by atoms with van der Waals surface area (Å²) in [4.78, 5) is 18.8. The maximum Gasteiger partial charge on any atom is 0.245 e. The molecule has 0 aliphatic carbocycles. The molecule has 1 amide bonds. The van der Waals surface area contributed by atoms with E-state index in [1.807, 2.05) is 39.3 Å². The maximum atomic E-state index is 12.5. The van der Waals surface area contributed by atoms with E-state index in [1.54, 1.807) is 16.6 Å². The van der Waals surface area contributed by atoms with Crippen LogP contribution >= 0.6 is 11.6 Å². The van der Waals surface area contributed by atoms with Crippen LogP contribution < -0.4 is 0 Å². The minimum Gasteiger partial charge on any atom is -0.344 e. The summed E-state index contributed by atoms with van der Waals surface area (Å²) in [6.45, 7) is 8.26. The number of nitrogens with zero attached hydrogens (tertiary/aromatic N) is 5. The van der Waals surface area contributed by atoms with Gasteiger partial charge in [-0.15, -0.1) is 11.6 Å². The molecule has 0 saturated heterocycles. The molecule has 6 nitrogen and oxygen atoms in total. The highest BCUT2D eigenvalue weighted by atomic mass is 35.5. The Morgan fingerprint density at radius 1 is 1.43 bits per heavy atom. The van der Waals surface area contributed by atoms with Crippen LogP contribution in [-0.2, 0) is 11.8 Å². The highest BCUT2D eigenvalue weighted by molar-refractivity contribution is 6.20. The second kappa shape index (κ2) is 5.67. The predicted octanol–water partition coefficient (Wildman–Crippen LogP) is 2.42. The normalized spacial score (nSPS) is 14.4. The van der Waals surface area contributed by atoms with Crippen molar-refractivity contribution >= 4 is 28.7 Å². The standard InChI is InChI=1S/C14H22ClN5O/c1-7-18(5)14(21)10(4)20-12(8(2)15)16-11-9(3)17-19(6)13(11)20/h8,10H,7H2,1-6H3. The monoisotopic (exact) mass is 311 g/mol. The number of hydrogen-bond acceptors (Lipinski definition) is 3. The number of carbonyl (C=O) groups is 1. The quantitative estimate of drug-likeness (QED) is 0.815. The molecular formula is C14H22ClN5O. The first-order valence-corrected chi connectivity index (χ1v) is 7.53. The van der Waals surface area contributed by atoms with Crippen molar-refractivity contribution in [1.29, 1.82) is 0 Å². The van der Waals surface area contributed by atoms with E-state index in [0.717, 1.165) is 16.9 Å². The molecule has 0 aliphatic rings. The second-order valence-corrected chi connectivity index (χ2v) is 6.02. The van der Waals surface area contributed by atoms with Gasteiger partial charge in [0.05, 0.1) is 11.1 Å². The molecule has 2 rings (SSSR count). The van der Waals surface area contributed by atoms with Crippen LogP contribution in [0, 0.1) is 6.92 Å². The lowest BCUT2D eigenvalue weighted by Crippen LogP contribution is -2.33. The van der Waals surface area contributed by atoms with E-state index in [9.17, 15) is 4.79 Å². The Kier molecular flexibility index (Phi) is 4.27. The van der Waals surface area contributed by atoms with Crippen molar-refractivity contribution in [3.63, 3.8) is 0 Å². The molecule has 0 aromatic carbocycles. The lowest BCUT2D eigenvalue weighted by Gasteiger charge is -2.23. The van der Waals surface area contributed by atoms with Crippen LogP contribution in [-0.4, -0.2) is 43.7 Å². The van der Waals surface area contributed by atoms with E-state index in [-0.39, 0.29) is 17.3 Å². The van der Waals surface area contributed by atoms with Crippen molar-refractivity contribution in [2.24, 2.45) is 7.05 Å². The van der Waals surface area contributed by atoms with Gasteiger partial charge in [0, 0.05) is 20.6 Å². The van der Waals surface area contributed by atoms with E-state index in [4.69, 9.17) is 11.6 Å². The first-order valence-electron chi connectivity index (χ1n) is 7.10. The molecule has 2 unspecified atom stereocenters. The lowest BCUT2D eigenvalue weighted by atomic mass is 10.2. The summed E-state index contributed by atoms with van der Waals surface area (Å²) >= 11 is 6.27. The average molecular weight is 312 g/mol. The van der Waals surface area contributed by atoms with Crippen LogP contribution in [0.15, 0.2) is 0 Å². The molecule has 0 spiro atoms. The molecule has 2 aromatic rings. The van der Waals surface area contributed by atoms with Gasteiger partial charge in [-0.2, -0.15) is 5.10 Å². The van der Waals surface area contributed by atoms with E-state index in [1.165, 1.54) is 0 Å². The molecule has 7 heteroatoms. The Morgan fingerprint density at radius 3 is 2.57 bits per heavy atom. The molecule has 21 heavy (non-hydrogen) atoms. The SMILES string of the molecule is CCN(C)C(=O)C(C)n1c(C(C)Cl)nc2c(C)nn(C)c21. The van der Waals surface area contributed by atoms with Crippen LogP contribution in [0.25, 0.3) is 11.2 Å². The number of likely N-dealkylation sites (N-methyl/N-ethyl adjacent to an activating group) is 1. The minimum atomic E-state index is -0.369. The van der Waals surface area contributed by atoms with Crippen LogP contribution in [0.4, 0.5) is 0 Å². The largest absolute Gasteiger partial charge is 0.344 e. The fourth-order valence-electron chi connectivity index (χ4n) is 2.56. The minimum absolute atomic E-state index is 0.0363. The molecule has 2 heterocycles. The zero-order valence-electron chi connectivity index (χ0n) is 13.4. The summed E-state index contributed by atoms with van der Waals surface area (Å²) in [5, 5.41) is 4.10. The summed E-state index contributed by atoms with van der Waals surface area (Å²) in [5.41, 5.74) is 2.48. The number of rotatable bonds is 4. The molecule has 0 radical (unpaired) electrons. The van der Waals surface area contributed by atoms with Gasteiger partial charge in [-0.05, 0) is 27.7 Å². The molecular weight excluding hydrogens is 290 g/mol. The number of aromatic nitrogens is 4. The van der Waals surface area contributed by atoms with Gasteiger partial charge in [0.1, 0.15) is 17.4 Å². The van der Waals surface area contributed by atoms with Crippen molar-refractivity contribution < 1.29 is 4.79 Å². The maximum absolute atomic E-state index is 12.5. The summed E-state index contributed by atoms with van der Waals surface area (Å²) < 4.78 is 3.66. The van der Waals surface area contributed by atoms with Crippen molar-refractivity contribution in [3.05, 3.63) is 11.5 Å². The molecule has 116 valence electrons. The van der Waals surface area contributed by atoms with Crippen LogP contribution in [0.3, 0.4) is 0 Å². The lowest BCUT2D eigenvalue weighted by molar-refractivity contribution is -0.132. The Morgan fingerprint density at radius 2 is 2.05 bits per heavy atom. The van der Waals surface area contributed by atoms with E-state index in [0.29, 0.717) is 12.4 Å². The molecule has 0 fully saturated rings. The summed E-state index contributed by atoms with van der Waals surface area (Å²) in [7, 11) is 3.65. The Labute approximate surface area is 129 Å². The predicted molar refractivity (Wildman–Crippen MR) is 83.5 cm³/mol. The Bertz CT molecular complexity index is 672. The molecule has 0 bridgehead atoms. The van der Waals surface area contributed by atoms with Crippen LogP contribution in [0.5, 0.6) is 0 Å². The highest BCUT2D eigenvalue weighted by Gasteiger charge is 2.28. The number of imidazole rings is 1. The number of fused-ring (bicyclic) bond motifs is 1. The second-order valence-electron chi connectivity index (χ2n) is 5.37. The summed E-state index contributed by atoms with van der Waals surface area (Å²) in [6, 6.07) is -0.369. The third kappa shape index (κ3) is 2.52. The van der Waals surface area contributed by atoms with Gasteiger partial charge in [-0.3, -0.25) is 14.0 Å². The van der Waals surface area contributed by atoms with Gasteiger partial charge in [0.2, 0.25) is 5.91 Å². The van der Waals surface area contributed by atoms with Crippen LogP contribution in [0.2, 0.25) is 0 Å².